The minimum atomic E-state index is -0.607. The SMILES string of the molecule is CCNC(=O)NC(=O)[C@@H](Sc1ccc(F)cc1)c1ccccc1. The molecular weight excluding hydrogens is 315 g/mol. The highest BCUT2D eigenvalue weighted by Gasteiger charge is 2.23. The molecule has 2 aromatic rings. The maximum atomic E-state index is 13.0. The predicted octanol–water partition coefficient (Wildman–Crippen LogP) is 3.50. The van der Waals surface area contributed by atoms with Crippen LogP contribution >= 0.6 is 11.8 Å². The fraction of sp³-hybridized carbons (Fsp3) is 0.176. The van der Waals surface area contributed by atoms with Crippen molar-refractivity contribution in [3.63, 3.8) is 0 Å². The maximum Gasteiger partial charge on any atom is 0.321 e. The molecule has 0 heterocycles. The van der Waals surface area contributed by atoms with Crippen molar-refractivity contribution < 1.29 is 14.0 Å². The average molecular weight is 332 g/mol. The van der Waals surface area contributed by atoms with Gasteiger partial charge in [-0.25, -0.2) is 9.18 Å². The Bertz CT molecular complexity index is 662. The van der Waals surface area contributed by atoms with E-state index < -0.39 is 17.2 Å². The van der Waals surface area contributed by atoms with Gasteiger partial charge in [-0.3, -0.25) is 10.1 Å². The van der Waals surface area contributed by atoms with Gasteiger partial charge in [0.15, 0.2) is 0 Å². The van der Waals surface area contributed by atoms with E-state index in [1.54, 1.807) is 19.1 Å². The largest absolute Gasteiger partial charge is 0.338 e. The van der Waals surface area contributed by atoms with Gasteiger partial charge in [0.05, 0.1) is 0 Å². The highest BCUT2D eigenvalue weighted by atomic mass is 32.2. The fourth-order valence-electron chi connectivity index (χ4n) is 1.93. The van der Waals surface area contributed by atoms with Gasteiger partial charge in [0.2, 0.25) is 5.91 Å². The first-order valence-corrected chi connectivity index (χ1v) is 8.04. The second-order valence-corrected chi connectivity index (χ2v) is 5.89. The molecule has 0 bridgehead atoms. The zero-order valence-electron chi connectivity index (χ0n) is 12.6. The Morgan fingerprint density at radius 1 is 1.09 bits per heavy atom. The van der Waals surface area contributed by atoms with E-state index in [1.807, 2.05) is 30.3 Å². The van der Waals surface area contributed by atoms with Crippen molar-refractivity contribution in [2.45, 2.75) is 17.1 Å². The van der Waals surface area contributed by atoms with Gasteiger partial charge in [0.1, 0.15) is 11.1 Å². The van der Waals surface area contributed by atoms with Crippen LogP contribution in [0.2, 0.25) is 0 Å². The molecule has 0 unspecified atom stereocenters. The zero-order valence-corrected chi connectivity index (χ0v) is 13.4. The van der Waals surface area contributed by atoms with E-state index in [1.165, 1.54) is 23.9 Å². The Labute approximate surface area is 138 Å². The van der Waals surface area contributed by atoms with E-state index in [0.717, 1.165) is 10.5 Å². The van der Waals surface area contributed by atoms with Crippen molar-refractivity contribution in [2.75, 3.05) is 6.54 Å². The molecule has 2 aromatic carbocycles. The number of hydrogen-bond donors (Lipinski definition) is 2. The van der Waals surface area contributed by atoms with Gasteiger partial charge >= 0.3 is 6.03 Å². The molecule has 0 fully saturated rings. The Hall–Kier alpha value is -2.34. The standard InChI is InChI=1S/C17H17FN2O2S/c1-2-19-17(22)20-16(21)15(12-6-4-3-5-7-12)23-14-10-8-13(18)9-11-14/h3-11,15H,2H2,1H3,(H2,19,20,21,22)/t15-/m0/s1. The number of carbonyl (C=O) groups is 2. The fourth-order valence-corrected chi connectivity index (χ4v) is 2.96. The molecule has 0 aromatic heterocycles. The molecule has 0 saturated carbocycles. The van der Waals surface area contributed by atoms with Gasteiger partial charge in [-0.15, -0.1) is 11.8 Å². The number of rotatable bonds is 5. The van der Waals surface area contributed by atoms with Crippen LogP contribution < -0.4 is 10.6 Å². The predicted molar refractivity (Wildman–Crippen MR) is 88.7 cm³/mol. The summed E-state index contributed by atoms with van der Waals surface area (Å²) in [6, 6.07) is 14.5. The van der Waals surface area contributed by atoms with E-state index in [9.17, 15) is 14.0 Å². The number of nitrogens with one attached hydrogen (secondary N) is 2. The van der Waals surface area contributed by atoms with Crippen LogP contribution in [0.3, 0.4) is 0 Å². The molecular formula is C17H17FN2O2S. The van der Waals surface area contributed by atoms with Gasteiger partial charge < -0.3 is 5.32 Å². The number of imide groups is 1. The number of amides is 3. The molecule has 0 saturated heterocycles. The van der Waals surface area contributed by atoms with Crippen LogP contribution in [0.25, 0.3) is 0 Å². The highest BCUT2D eigenvalue weighted by molar-refractivity contribution is 8.00. The summed E-state index contributed by atoms with van der Waals surface area (Å²) in [5, 5.41) is 4.24. The smallest absolute Gasteiger partial charge is 0.321 e. The summed E-state index contributed by atoms with van der Waals surface area (Å²) >= 11 is 1.26. The van der Waals surface area contributed by atoms with Crippen LogP contribution in [0, 0.1) is 5.82 Å². The molecule has 23 heavy (non-hydrogen) atoms. The molecule has 0 aliphatic rings. The van der Waals surface area contributed by atoms with Crippen molar-refractivity contribution in [3.05, 3.63) is 66.0 Å². The molecule has 6 heteroatoms. The second-order valence-electron chi connectivity index (χ2n) is 4.71. The molecule has 2 rings (SSSR count). The first-order chi connectivity index (χ1) is 11.1. The third kappa shape index (κ3) is 5.10. The summed E-state index contributed by atoms with van der Waals surface area (Å²) in [5.41, 5.74) is 0.767. The van der Waals surface area contributed by atoms with Crippen LogP contribution in [0.5, 0.6) is 0 Å². The molecule has 1 atom stereocenters. The Morgan fingerprint density at radius 2 is 1.74 bits per heavy atom. The lowest BCUT2D eigenvalue weighted by Crippen LogP contribution is -2.41. The summed E-state index contributed by atoms with van der Waals surface area (Å²) in [5.74, 6) is -0.756. The molecule has 2 N–H and O–H groups in total. The van der Waals surface area contributed by atoms with E-state index in [-0.39, 0.29) is 5.82 Å². The minimum Gasteiger partial charge on any atom is -0.338 e. The third-order valence-corrected chi connectivity index (χ3v) is 4.25. The zero-order chi connectivity index (χ0) is 16.7. The third-order valence-electron chi connectivity index (χ3n) is 2.98. The van der Waals surface area contributed by atoms with Crippen molar-refractivity contribution in [3.8, 4) is 0 Å². The number of thioether (sulfide) groups is 1. The second kappa shape index (κ2) is 8.33. The normalized spacial score (nSPS) is 11.6. The van der Waals surface area contributed by atoms with Gasteiger partial charge in [-0.1, -0.05) is 30.3 Å². The van der Waals surface area contributed by atoms with E-state index in [2.05, 4.69) is 10.6 Å². The number of halogens is 1. The van der Waals surface area contributed by atoms with Crippen LogP contribution in [0.4, 0.5) is 9.18 Å². The van der Waals surface area contributed by atoms with Crippen molar-refractivity contribution >= 4 is 23.7 Å². The topological polar surface area (TPSA) is 58.2 Å². The number of carbonyl (C=O) groups excluding carboxylic acids is 2. The number of hydrogen-bond acceptors (Lipinski definition) is 3. The van der Waals surface area contributed by atoms with Gasteiger partial charge in [-0.05, 0) is 36.8 Å². The van der Waals surface area contributed by atoms with Crippen LogP contribution in [0.1, 0.15) is 17.7 Å². The Kier molecular flexibility index (Phi) is 6.17. The van der Waals surface area contributed by atoms with E-state index in [0.29, 0.717) is 6.54 Å². The first-order valence-electron chi connectivity index (χ1n) is 7.16. The highest BCUT2D eigenvalue weighted by Crippen LogP contribution is 2.35. The summed E-state index contributed by atoms with van der Waals surface area (Å²) < 4.78 is 13.0. The quantitative estimate of drug-likeness (QED) is 0.824. The molecule has 120 valence electrons. The lowest BCUT2D eigenvalue weighted by Gasteiger charge is -2.16. The monoisotopic (exact) mass is 332 g/mol. The van der Waals surface area contributed by atoms with Crippen LogP contribution in [-0.4, -0.2) is 18.5 Å². The number of urea groups is 1. The lowest BCUT2D eigenvalue weighted by molar-refractivity contribution is -0.119. The molecule has 0 radical (unpaired) electrons. The first kappa shape index (κ1) is 17.0. The van der Waals surface area contributed by atoms with Crippen molar-refractivity contribution in [2.24, 2.45) is 0 Å². The molecule has 0 spiro atoms. The van der Waals surface area contributed by atoms with Gasteiger partial charge in [0.25, 0.3) is 0 Å². The summed E-state index contributed by atoms with van der Waals surface area (Å²) in [4.78, 5) is 24.8. The number of benzene rings is 2. The lowest BCUT2D eigenvalue weighted by atomic mass is 10.1. The summed E-state index contributed by atoms with van der Waals surface area (Å²) in [6.45, 7) is 2.20. The van der Waals surface area contributed by atoms with Crippen molar-refractivity contribution in [1.29, 1.82) is 0 Å². The molecule has 3 amide bonds. The molecule has 0 aliphatic heterocycles. The molecule has 4 nitrogen and oxygen atoms in total. The molecule has 0 aliphatic carbocycles. The van der Waals surface area contributed by atoms with Crippen LogP contribution in [-0.2, 0) is 4.79 Å². The summed E-state index contributed by atoms with van der Waals surface area (Å²) in [7, 11) is 0. The average Bonchev–Trinajstić information content (AvgIpc) is 2.55. The van der Waals surface area contributed by atoms with Crippen LogP contribution in [0.15, 0.2) is 59.5 Å². The summed E-state index contributed by atoms with van der Waals surface area (Å²) in [6.07, 6.45) is 0. The van der Waals surface area contributed by atoms with E-state index >= 15 is 0 Å². The van der Waals surface area contributed by atoms with Gasteiger partial charge in [-0.2, -0.15) is 0 Å². The van der Waals surface area contributed by atoms with Crippen molar-refractivity contribution in [1.82, 2.24) is 10.6 Å². The minimum absolute atomic E-state index is 0.336. The Balaban J connectivity index is 2.20. The van der Waals surface area contributed by atoms with Gasteiger partial charge in [0, 0.05) is 11.4 Å². The Morgan fingerprint density at radius 3 is 2.35 bits per heavy atom. The van der Waals surface area contributed by atoms with E-state index in [4.69, 9.17) is 0 Å². The maximum absolute atomic E-state index is 13.0.